The van der Waals surface area contributed by atoms with Gasteiger partial charge in [0.1, 0.15) is 35.7 Å². The van der Waals surface area contributed by atoms with Crippen LogP contribution < -0.4 is 10.5 Å². The number of hydrogen-bond acceptors (Lipinski definition) is 8. The number of hydrogen-bond donors (Lipinski definition) is 1. The largest absolute Gasteiger partial charge is 0.491 e. The number of nitrogens with two attached hydrogens (primary N) is 1. The van der Waals surface area contributed by atoms with Crippen molar-refractivity contribution in [3.63, 3.8) is 0 Å². The first-order valence-electron chi connectivity index (χ1n) is 15.6. The Morgan fingerprint density at radius 2 is 1.88 bits per heavy atom. The van der Waals surface area contributed by atoms with Gasteiger partial charge in [0, 0.05) is 36.4 Å². The van der Waals surface area contributed by atoms with Gasteiger partial charge in [-0.1, -0.05) is 12.1 Å². The van der Waals surface area contributed by atoms with E-state index in [1.807, 2.05) is 12.1 Å². The highest BCUT2D eigenvalue weighted by atomic mass is 32.2. The van der Waals surface area contributed by atoms with Crippen LogP contribution in [0.2, 0.25) is 0 Å². The summed E-state index contributed by atoms with van der Waals surface area (Å²) in [5.41, 5.74) is 9.00. The normalized spacial score (nSPS) is 30.6. The molecule has 0 amide bonds. The summed E-state index contributed by atoms with van der Waals surface area (Å²) in [7, 11) is -2.95. The van der Waals surface area contributed by atoms with Crippen LogP contribution in [-0.2, 0) is 14.6 Å². The van der Waals surface area contributed by atoms with Crippen molar-refractivity contribution in [2.24, 2.45) is 5.92 Å². The Morgan fingerprint density at radius 1 is 1.10 bits per heavy atom. The molecule has 226 valence electrons. The van der Waals surface area contributed by atoms with Gasteiger partial charge >= 0.3 is 0 Å². The van der Waals surface area contributed by atoms with Crippen LogP contribution in [0.3, 0.4) is 0 Å². The average molecular weight is 594 g/mol. The molecule has 2 bridgehead atoms. The van der Waals surface area contributed by atoms with Gasteiger partial charge in [-0.05, 0) is 88.8 Å². The maximum Gasteiger partial charge on any atom is 0.153 e. The third-order valence-electron chi connectivity index (χ3n) is 10.3. The summed E-state index contributed by atoms with van der Waals surface area (Å²) in [6.07, 6.45) is 12.9. The molecule has 4 fully saturated rings. The molecule has 0 spiro atoms. The molecule has 2 N–H and O–H groups in total. The SMILES string of the molecule is CC1(C)CS(=O)(=O)CCN1CC1CCC(n2cc(-c3cccc(OCC45CCC(CC4)O5)c3)c3c(N)ncnc32)CC1. The van der Waals surface area contributed by atoms with Crippen LogP contribution >= 0.6 is 0 Å². The lowest BCUT2D eigenvalue weighted by Gasteiger charge is -2.44. The molecule has 42 heavy (non-hydrogen) atoms. The van der Waals surface area contributed by atoms with E-state index in [4.69, 9.17) is 20.2 Å². The molecule has 9 nitrogen and oxygen atoms in total. The van der Waals surface area contributed by atoms with Gasteiger partial charge in [0.25, 0.3) is 0 Å². The van der Waals surface area contributed by atoms with Crippen molar-refractivity contribution >= 4 is 26.7 Å². The fourth-order valence-electron chi connectivity index (χ4n) is 7.97. The number of benzene rings is 1. The van der Waals surface area contributed by atoms with Gasteiger partial charge in [-0.2, -0.15) is 0 Å². The van der Waals surface area contributed by atoms with Crippen molar-refractivity contribution in [3.05, 3.63) is 36.8 Å². The van der Waals surface area contributed by atoms with Crippen molar-refractivity contribution in [1.29, 1.82) is 0 Å². The van der Waals surface area contributed by atoms with Gasteiger partial charge in [-0.3, -0.25) is 4.90 Å². The molecule has 2 aromatic heterocycles. The second-order valence-corrected chi connectivity index (χ2v) is 15.9. The number of ether oxygens (including phenoxy) is 2. The Kier molecular flexibility index (Phi) is 7.02. The molecule has 3 aromatic rings. The molecule has 3 saturated heterocycles. The molecule has 7 rings (SSSR count). The van der Waals surface area contributed by atoms with Gasteiger partial charge < -0.3 is 19.8 Å². The summed E-state index contributed by atoms with van der Waals surface area (Å²) in [6, 6.07) is 8.58. The first kappa shape index (κ1) is 28.1. The predicted octanol–water partition coefficient (Wildman–Crippen LogP) is 5.01. The van der Waals surface area contributed by atoms with E-state index in [9.17, 15) is 8.42 Å². The van der Waals surface area contributed by atoms with Gasteiger partial charge in [-0.25, -0.2) is 18.4 Å². The van der Waals surface area contributed by atoms with Crippen LogP contribution in [-0.4, -0.2) is 76.3 Å². The minimum atomic E-state index is -2.95. The summed E-state index contributed by atoms with van der Waals surface area (Å²) >= 11 is 0. The number of aromatic nitrogens is 3. The van der Waals surface area contributed by atoms with E-state index >= 15 is 0 Å². The topological polar surface area (TPSA) is 113 Å². The lowest BCUT2D eigenvalue weighted by molar-refractivity contribution is -0.0198. The van der Waals surface area contributed by atoms with E-state index in [2.05, 4.69) is 46.6 Å². The second kappa shape index (κ2) is 10.5. The van der Waals surface area contributed by atoms with Crippen LogP contribution in [0.15, 0.2) is 36.8 Å². The maximum atomic E-state index is 12.2. The molecule has 1 aliphatic carbocycles. The van der Waals surface area contributed by atoms with Gasteiger partial charge in [0.15, 0.2) is 9.84 Å². The van der Waals surface area contributed by atoms with E-state index in [1.165, 1.54) is 0 Å². The predicted molar refractivity (Wildman–Crippen MR) is 164 cm³/mol. The van der Waals surface area contributed by atoms with Crippen LogP contribution in [0.1, 0.15) is 71.3 Å². The summed E-state index contributed by atoms with van der Waals surface area (Å²) in [5, 5.41) is 0.893. The van der Waals surface area contributed by atoms with Crippen LogP contribution in [0.4, 0.5) is 5.82 Å². The van der Waals surface area contributed by atoms with E-state index in [-0.39, 0.29) is 22.6 Å². The zero-order chi connectivity index (χ0) is 29.1. The molecule has 10 heteroatoms. The van der Waals surface area contributed by atoms with E-state index in [1.54, 1.807) is 6.33 Å². The average Bonchev–Trinajstić information content (AvgIpc) is 3.68. The lowest BCUT2D eigenvalue weighted by Crippen LogP contribution is -2.56. The molecule has 4 aliphatic rings. The van der Waals surface area contributed by atoms with Crippen molar-refractivity contribution < 1.29 is 17.9 Å². The molecule has 1 aromatic carbocycles. The highest BCUT2D eigenvalue weighted by Gasteiger charge is 2.46. The zero-order valence-electron chi connectivity index (χ0n) is 24.8. The van der Waals surface area contributed by atoms with Gasteiger partial charge in [0.05, 0.1) is 23.0 Å². The minimum absolute atomic E-state index is 0.116. The quantitative estimate of drug-likeness (QED) is 0.407. The van der Waals surface area contributed by atoms with Crippen LogP contribution in [0, 0.1) is 5.92 Å². The monoisotopic (exact) mass is 593 g/mol. The van der Waals surface area contributed by atoms with Crippen molar-refractivity contribution in [3.8, 4) is 16.9 Å². The smallest absolute Gasteiger partial charge is 0.153 e. The standard InChI is InChI=1S/C32H43N5O4S/c1-31(2)20-42(38,39)15-14-36(31)17-22-6-8-24(9-7-22)37-18-27(28-29(33)34-21-35-30(28)37)23-4-3-5-26(16-23)40-19-32-12-10-25(41-32)11-13-32/h3-5,16,18,21-22,24-25H,6-15,17,19-20H2,1-2H3,(H2,33,34,35). The third kappa shape index (κ3) is 5.30. The van der Waals surface area contributed by atoms with Crippen molar-refractivity contribution in [2.45, 2.75) is 88.5 Å². The number of anilines is 1. The molecular weight excluding hydrogens is 550 g/mol. The first-order valence-corrected chi connectivity index (χ1v) is 17.4. The molecule has 0 unspecified atom stereocenters. The molecule has 1 saturated carbocycles. The Hall–Kier alpha value is -2.69. The molecule has 0 atom stereocenters. The maximum absolute atomic E-state index is 12.2. The van der Waals surface area contributed by atoms with Crippen LogP contribution in [0.25, 0.3) is 22.2 Å². The third-order valence-corrected chi connectivity index (χ3v) is 12.3. The van der Waals surface area contributed by atoms with Gasteiger partial charge in [0.2, 0.25) is 0 Å². The fraction of sp³-hybridized carbons (Fsp3) is 0.625. The Bertz CT molecular complexity index is 1570. The molecular formula is C32H43N5O4S. The second-order valence-electron chi connectivity index (χ2n) is 13.7. The number of rotatable bonds is 7. The van der Waals surface area contributed by atoms with Crippen molar-refractivity contribution in [1.82, 2.24) is 19.4 Å². The summed E-state index contributed by atoms with van der Waals surface area (Å²) in [6.45, 7) is 6.32. The summed E-state index contributed by atoms with van der Waals surface area (Å²) < 4.78 is 39.3. The minimum Gasteiger partial charge on any atom is -0.491 e. The number of sulfone groups is 1. The fourth-order valence-corrected chi connectivity index (χ4v) is 9.87. The number of fused-ring (bicyclic) bond motifs is 3. The summed E-state index contributed by atoms with van der Waals surface area (Å²) in [5.74, 6) is 2.41. The van der Waals surface area contributed by atoms with Crippen molar-refractivity contribution in [2.75, 3.05) is 36.9 Å². The van der Waals surface area contributed by atoms with E-state index < -0.39 is 9.84 Å². The zero-order valence-corrected chi connectivity index (χ0v) is 25.6. The lowest BCUT2D eigenvalue weighted by atomic mass is 9.84. The van der Waals surface area contributed by atoms with E-state index in [0.717, 1.165) is 85.8 Å². The molecule has 3 aliphatic heterocycles. The highest BCUT2D eigenvalue weighted by Crippen LogP contribution is 2.44. The molecule has 5 heterocycles. The Balaban J connectivity index is 1.08. The van der Waals surface area contributed by atoms with Crippen LogP contribution in [0.5, 0.6) is 5.75 Å². The first-order chi connectivity index (χ1) is 20.1. The number of nitrogen functional groups attached to an aromatic ring is 1. The van der Waals surface area contributed by atoms with E-state index in [0.29, 0.717) is 37.0 Å². The molecule has 0 radical (unpaired) electrons. The number of nitrogens with zero attached hydrogens (tertiary/aromatic N) is 4. The Labute approximate surface area is 248 Å². The van der Waals surface area contributed by atoms with Gasteiger partial charge in [-0.15, -0.1) is 0 Å². The Morgan fingerprint density at radius 3 is 2.60 bits per heavy atom. The highest BCUT2D eigenvalue weighted by molar-refractivity contribution is 7.91. The summed E-state index contributed by atoms with van der Waals surface area (Å²) in [4.78, 5) is 11.4.